The van der Waals surface area contributed by atoms with E-state index in [1.54, 1.807) is 0 Å². The Hall–Kier alpha value is -0.860. The van der Waals surface area contributed by atoms with Crippen molar-refractivity contribution in [1.29, 1.82) is 0 Å². The molecule has 0 saturated carbocycles. The van der Waals surface area contributed by atoms with E-state index in [9.17, 15) is 0 Å². The first-order valence-corrected chi connectivity index (χ1v) is 6.85. The van der Waals surface area contributed by atoms with Crippen LogP contribution in [0, 0.1) is 0 Å². The average molecular weight is 233 g/mol. The van der Waals surface area contributed by atoms with Gasteiger partial charge < -0.3 is 5.32 Å². The van der Waals surface area contributed by atoms with E-state index in [4.69, 9.17) is 0 Å². The molecule has 1 unspecified atom stereocenters. The van der Waals surface area contributed by atoms with Crippen LogP contribution in [0.2, 0.25) is 0 Å². The van der Waals surface area contributed by atoms with Crippen LogP contribution in [0.4, 0.5) is 0 Å². The third kappa shape index (κ3) is 2.45. The summed E-state index contributed by atoms with van der Waals surface area (Å²) in [7, 11) is 2.06. The molecule has 0 radical (unpaired) electrons. The lowest BCUT2D eigenvalue weighted by atomic mass is 10.0. The number of fused-ring (bicyclic) bond motifs is 1. The van der Waals surface area contributed by atoms with Gasteiger partial charge in [0, 0.05) is 10.7 Å². The molecule has 1 aromatic heterocycles. The van der Waals surface area contributed by atoms with Crippen LogP contribution in [-0.4, -0.2) is 13.1 Å². The van der Waals surface area contributed by atoms with Gasteiger partial charge in [-0.1, -0.05) is 25.1 Å². The van der Waals surface area contributed by atoms with Crippen LogP contribution in [0.5, 0.6) is 0 Å². The molecular formula is C14H19NS. The van der Waals surface area contributed by atoms with Gasteiger partial charge >= 0.3 is 0 Å². The van der Waals surface area contributed by atoms with Crippen molar-refractivity contribution >= 4 is 21.4 Å². The Bertz CT molecular complexity index is 443. The highest BCUT2D eigenvalue weighted by Crippen LogP contribution is 2.25. The van der Waals surface area contributed by atoms with E-state index < -0.39 is 0 Å². The predicted molar refractivity (Wildman–Crippen MR) is 73.3 cm³/mol. The van der Waals surface area contributed by atoms with Crippen molar-refractivity contribution in [3.8, 4) is 0 Å². The predicted octanol–water partition coefficient (Wildman–Crippen LogP) is 3.83. The minimum absolute atomic E-state index is 0.648. The number of hydrogen-bond donors (Lipinski definition) is 1. The largest absolute Gasteiger partial charge is 0.317 e. The molecule has 1 N–H and O–H groups in total. The number of rotatable bonds is 5. The maximum Gasteiger partial charge on any atom is 0.0374 e. The highest BCUT2D eigenvalue weighted by atomic mass is 32.1. The number of thiophene rings is 1. The summed E-state index contributed by atoms with van der Waals surface area (Å²) in [5.74, 6) is 0. The van der Waals surface area contributed by atoms with E-state index in [1.165, 1.54) is 34.9 Å². The van der Waals surface area contributed by atoms with Crippen LogP contribution < -0.4 is 5.32 Å². The fourth-order valence-corrected chi connectivity index (χ4v) is 3.08. The fraction of sp³-hybridized carbons (Fsp3) is 0.429. The first-order chi connectivity index (χ1) is 7.85. The van der Waals surface area contributed by atoms with Crippen molar-refractivity contribution in [3.05, 3.63) is 35.2 Å². The van der Waals surface area contributed by atoms with E-state index in [1.807, 2.05) is 11.3 Å². The van der Waals surface area contributed by atoms with Crippen molar-refractivity contribution in [2.75, 3.05) is 7.05 Å². The Labute approximate surface area is 101 Å². The highest BCUT2D eigenvalue weighted by molar-refractivity contribution is 7.17. The molecular weight excluding hydrogens is 214 g/mol. The first kappa shape index (κ1) is 11.6. The summed E-state index contributed by atoms with van der Waals surface area (Å²) >= 11 is 1.86. The van der Waals surface area contributed by atoms with Crippen molar-refractivity contribution < 1.29 is 0 Å². The Morgan fingerprint density at radius 1 is 1.31 bits per heavy atom. The minimum atomic E-state index is 0.648. The van der Waals surface area contributed by atoms with E-state index in [-0.39, 0.29) is 0 Å². The zero-order valence-electron chi connectivity index (χ0n) is 9.99. The van der Waals surface area contributed by atoms with E-state index in [0.29, 0.717) is 6.04 Å². The number of benzene rings is 1. The zero-order chi connectivity index (χ0) is 11.4. The molecule has 0 aliphatic carbocycles. The molecule has 1 nitrogen and oxygen atoms in total. The average Bonchev–Trinajstić information content (AvgIpc) is 2.79. The van der Waals surface area contributed by atoms with Crippen molar-refractivity contribution in [2.24, 2.45) is 0 Å². The van der Waals surface area contributed by atoms with Gasteiger partial charge in [0.1, 0.15) is 0 Å². The molecule has 0 fully saturated rings. The van der Waals surface area contributed by atoms with Crippen molar-refractivity contribution in [2.45, 2.75) is 32.2 Å². The topological polar surface area (TPSA) is 12.0 Å². The van der Waals surface area contributed by atoms with Gasteiger partial charge in [-0.2, -0.15) is 0 Å². The lowest BCUT2D eigenvalue weighted by molar-refractivity contribution is 0.509. The maximum atomic E-state index is 3.37. The Balaban J connectivity index is 2.11. The van der Waals surface area contributed by atoms with Gasteiger partial charge in [0.25, 0.3) is 0 Å². The molecule has 0 aliphatic rings. The summed E-state index contributed by atoms with van der Waals surface area (Å²) in [6.07, 6.45) is 3.61. The number of hydrogen-bond acceptors (Lipinski definition) is 2. The monoisotopic (exact) mass is 233 g/mol. The van der Waals surface area contributed by atoms with Crippen LogP contribution in [0.1, 0.15) is 25.3 Å². The van der Waals surface area contributed by atoms with E-state index in [0.717, 1.165) is 0 Å². The molecule has 0 saturated heterocycles. The third-order valence-corrected chi connectivity index (χ3v) is 4.23. The van der Waals surface area contributed by atoms with Gasteiger partial charge in [0.15, 0.2) is 0 Å². The van der Waals surface area contributed by atoms with E-state index >= 15 is 0 Å². The standard InChI is InChI=1S/C14H19NS/c1-3-13(15-2)8-7-11-5-4-6-12-9-10-16-14(11)12/h4-6,9-10,13,15H,3,7-8H2,1-2H3. The Morgan fingerprint density at radius 2 is 2.19 bits per heavy atom. The van der Waals surface area contributed by atoms with Crippen LogP contribution in [0.25, 0.3) is 10.1 Å². The van der Waals surface area contributed by atoms with Gasteiger partial charge in [-0.3, -0.25) is 0 Å². The SMILES string of the molecule is CCC(CCc1cccc2ccsc12)NC. The maximum absolute atomic E-state index is 3.37. The molecule has 2 aromatic rings. The lowest BCUT2D eigenvalue weighted by Gasteiger charge is -2.13. The summed E-state index contributed by atoms with van der Waals surface area (Å²) in [5.41, 5.74) is 1.50. The summed E-state index contributed by atoms with van der Waals surface area (Å²) in [5, 5.41) is 6.94. The molecule has 2 heteroatoms. The minimum Gasteiger partial charge on any atom is -0.317 e. The van der Waals surface area contributed by atoms with Gasteiger partial charge in [0.05, 0.1) is 0 Å². The van der Waals surface area contributed by atoms with Crippen LogP contribution in [0.3, 0.4) is 0 Å². The molecule has 1 aromatic carbocycles. The van der Waals surface area contributed by atoms with Gasteiger partial charge in [-0.05, 0) is 48.7 Å². The fourth-order valence-electron chi connectivity index (χ4n) is 2.13. The second-order valence-corrected chi connectivity index (χ2v) is 5.10. The second-order valence-electron chi connectivity index (χ2n) is 4.19. The van der Waals surface area contributed by atoms with Gasteiger partial charge in [0.2, 0.25) is 0 Å². The summed E-state index contributed by atoms with van der Waals surface area (Å²) in [4.78, 5) is 0. The van der Waals surface area contributed by atoms with Crippen LogP contribution in [-0.2, 0) is 6.42 Å². The Kier molecular flexibility index (Phi) is 3.97. The molecule has 2 rings (SSSR count). The molecule has 0 bridgehead atoms. The lowest BCUT2D eigenvalue weighted by Crippen LogP contribution is -2.24. The molecule has 86 valence electrons. The van der Waals surface area contributed by atoms with Crippen molar-refractivity contribution in [3.63, 3.8) is 0 Å². The summed E-state index contributed by atoms with van der Waals surface area (Å²) in [6.45, 7) is 2.24. The van der Waals surface area contributed by atoms with Gasteiger partial charge in [-0.15, -0.1) is 11.3 Å². The second kappa shape index (κ2) is 5.46. The normalized spacial score (nSPS) is 13.1. The third-order valence-electron chi connectivity index (χ3n) is 3.22. The molecule has 0 aliphatic heterocycles. The summed E-state index contributed by atoms with van der Waals surface area (Å²) in [6, 6.07) is 9.49. The molecule has 1 atom stereocenters. The molecule has 16 heavy (non-hydrogen) atoms. The number of aryl methyl sites for hydroxylation is 1. The number of nitrogens with one attached hydrogen (secondary N) is 1. The smallest absolute Gasteiger partial charge is 0.0374 e. The molecule has 1 heterocycles. The van der Waals surface area contributed by atoms with Crippen LogP contribution >= 0.6 is 11.3 Å². The van der Waals surface area contributed by atoms with Gasteiger partial charge in [-0.25, -0.2) is 0 Å². The molecule has 0 amide bonds. The van der Waals surface area contributed by atoms with Crippen molar-refractivity contribution in [1.82, 2.24) is 5.32 Å². The molecule has 0 spiro atoms. The Morgan fingerprint density at radius 3 is 2.94 bits per heavy atom. The first-order valence-electron chi connectivity index (χ1n) is 5.97. The highest BCUT2D eigenvalue weighted by Gasteiger charge is 2.06. The van der Waals surface area contributed by atoms with E-state index in [2.05, 4.69) is 48.9 Å². The summed E-state index contributed by atoms with van der Waals surface area (Å²) < 4.78 is 1.47. The van der Waals surface area contributed by atoms with Crippen LogP contribution in [0.15, 0.2) is 29.6 Å². The zero-order valence-corrected chi connectivity index (χ0v) is 10.8. The quantitative estimate of drug-likeness (QED) is 0.827.